The zero-order chi connectivity index (χ0) is 13.9. The molecule has 0 radical (unpaired) electrons. The number of aromatic nitrogens is 2. The molecule has 0 bridgehead atoms. The molecule has 0 aliphatic heterocycles. The fraction of sp³-hybridized carbons (Fsp3) is 0.308. The van der Waals surface area contributed by atoms with Crippen LogP contribution in [0.2, 0.25) is 0 Å². The van der Waals surface area contributed by atoms with Crippen molar-refractivity contribution in [3.63, 3.8) is 0 Å². The summed E-state index contributed by atoms with van der Waals surface area (Å²) in [6, 6.07) is 7.74. The van der Waals surface area contributed by atoms with Gasteiger partial charge in [-0.15, -0.1) is 0 Å². The maximum Gasteiger partial charge on any atom is 0.389 e. The van der Waals surface area contributed by atoms with Crippen LogP contribution in [-0.4, -0.2) is 15.7 Å². The van der Waals surface area contributed by atoms with E-state index in [1.54, 1.807) is 17.0 Å². The number of halogens is 4. The van der Waals surface area contributed by atoms with Gasteiger partial charge in [0.15, 0.2) is 0 Å². The van der Waals surface area contributed by atoms with Gasteiger partial charge >= 0.3 is 6.18 Å². The van der Waals surface area contributed by atoms with Crippen LogP contribution in [0.25, 0.3) is 11.4 Å². The fourth-order valence-electron chi connectivity index (χ4n) is 1.83. The maximum atomic E-state index is 12.1. The Morgan fingerprint density at radius 3 is 2.74 bits per heavy atom. The molecule has 0 unspecified atom stereocenters. The highest BCUT2D eigenvalue weighted by Gasteiger charge is 2.26. The van der Waals surface area contributed by atoms with Crippen molar-refractivity contribution >= 4 is 22.6 Å². The number of hydrogen-bond acceptors (Lipinski definition) is 1. The smallest absolute Gasteiger partial charge is 0.331 e. The van der Waals surface area contributed by atoms with Crippen molar-refractivity contribution in [1.29, 1.82) is 0 Å². The number of alkyl halides is 3. The first-order chi connectivity index (χ1) is 8.96. The first-order valence-electron chi connectivity index (χ1n) is 5.79. The Morgan fingerprint density at radius 1 is 1.26 bits per heavy atom. The molecule has 0 aliphatic rings. The zero-order valence-electron chi connectivity index (χ0n) is 9.99. The van der Waals surface area contributed by atoms with Crippen LogP contribution in [0.3, 0.4) is 0 Å². The van der Waals surface area contributed by atoms with Gasteiger partial charge in [-0.3, -0.25) is 0 Å². The third kappa shape index (κ3) is 4.22. The average molecular weight is 380 g/mol. The summed E-state index contributed by atoms with van der Waals surface area (Å²) in [7, 11) is 0. The van der Waals surface area contributed by atoms with Crippen molar-refractivity contribution in [2.75, 3.05) is 0 Å². The highest BCUT2D eigenvalue weighted by molar-refractivity contribution is 14.1. The SMILES string of the molecule is FC(F)(F)CCCn1ccnc1-c1cccc(I)c1. The van der Waals surface area contributed by atoms with Gasteiger partial charge in [0, 0.05) is 34.5 Å². The van der Waals surface area contributed by atoms with Crippen LogP contribution in [-0.2, 0) is 6.54 Å². The van der Waals surface area contributed by atoms with Gasteiger partial charge < -0.3 is 4.57 Å². The summed E-state index contributed by atoms with van der Waals surface area (Å²) in [6.07, 6.45) is -1.47. The number of nitrogens with zero attached hydrogens (tertiary/aromatic N) is 2. The minimum Gasteiger partial charge on any atom is -0.331 e. The molecule has 1 aromatic carbocycles. The number of rotatable bonds is 4. The molecule has 0 N–H and O–H groups in total. The lowest BCUT2D eigenvalue weighted by molar-refractivity contribution is -0.135. The van der Waals surface area contributed by atoms with Crippen LogP contribution in [0.1, 0.15) is 12.8 Å². The summed E-state index contributed by atoms with van der Waals surface area (Å²) in [4.78, 5) is 4.22. The molecule has 2 rings (SSSR count). The molecule has 6 heteroatoms. The molecule has 0 fully saturated rings. The molecule has 2 aromatic rings. The summed E-state index contributed by atoms with van der Waals surface area (Å²) in [5.74, 6) is 0.709. The van der Waals surface area contributed by atoms with E-state index in [-0.39, 0.29) is 6.42 Å². The third-order valence-corrected chi connectivity index (χ3v) is 3.33. The Morgan fingerprint density at radius 2 is 2.05 bits per heavy atom. The fourth-order valence-corrected chi connectivity index (χ4v) is 2.37. The average Bonchev–Trinajstić information content (AvgIpc) is 2.75. The molecule has 0 atom stereocenters. The Bertz CT molecular complexity index is 549. The van der Waals surface area contributed by atoms with Crippen molar-refractivity contribution in [3.8, 4) is 11.4 Å². The molecule has 0 saturated carbocycles. The monoisotopic (exact) mass is 380 g/mol. The van der Waals surface area contributed by atoms with Crippen molar-refractivity contribution in [2.24, 2.45) is 0 Å². The third-order valence-electron chi connectivity index (χ3n) is 2.66. The second kappa shape index (κ2) is 5.94. The lowest BCUT2D eigenvalue weighted by Gasteiger charge is -2.09. The predicted molar refractivity (Wildman–Crippen MR) is 75.7 cm³/mol. The number of aryl methyl sites for hydroxylation is 1. The summed E-state index contributed by atoms with van der Waals surface area (Å²) >= 11 is 2.20. The number of benzene rings is 1. The highest BCUT2D eigenvalue weighted by Crippen LogP contribution is 2.24. The Hall–Kier alpha value is -1.05. The maximum absolute atomic E-state index is 12.1. The van der Waals surface area contributed by atoms with E-state index in [1.165, 1.54) is 0 Å². The minimum absolute atomic E-state index is 0.0663. The van der Waals surface area contributed by atoms with Crippen molar-refractivity contribution in [2.45, 2.75) is 25.6 Å². The zero-order valence-corrected chi connectivity index (χ0v) is 12.1. The summed E-state index contributed by atoms with van der Waals surface area (Å²) in [6.45, 7) is 0.320. The molecule has 0 amide bonds. The van der Waals surface area contributed by atoms with E-state index < -0.39 is 12.6 Å². The lowest BCUT2D eigenvalue weighted by Crippen LogP contribution is -2.09. The first kappa shape index (κ1) is 14.4. The minimum atomic E-state index is -4.09. The van der Waals surface area contributed by atoms with Gasteiger partial charge in [0.2, 0.25) is 0 Å². The Labute approximate surface area is 122 Å². The van der Waals surface area contributed by atoms with Gasteiger partial charge in [-0.2, -0.15) is 13.2 Å². The molecule has 1 heterocycles. The van der Waals surface area contributed by atoms with Gasteiger partial charge in [0.1, 0.15) is 5.82 Å². The summed E-state index contributed by atoms with van der Waals surface area (Å²) in [5.41, 5.74) is 0.920. The van der Waals surface area contributed by atoms with E-state index in [0.717, 1.165) is 9.13 Å². The molecule has 102 valence electrons. The number of hydrogen-bond donors (Lipinski definition) is 0. The standard InChI is InChI=1S/C13H12F3IN2/c14-13(15,16)5-2-7-19-8-6-18-12(19)10-3-1-4-11(17)9-10/h1,3-4,6,8-9H,2,5,7H2. The van der Waals surface area contributed by atoms with E-state index in [0.29, 0.717) is 12.4 Å². The van der Waals surface area contributed by atoms with E-state index in [9.17, 15) is 13.2 Å². The van der Waals surface area contributed by atoms with Crippen molar-refractivity contribution in [3.05, 3.63) is 40.2 Å². The summed E-state index contributed by atoms with van der Waals surface area (Å²) in [5, 5.41) is 0. The second-order valence-corrected chi connectivity index (χ2v) is 5.42. The van der Waals surface area contributed by atoms with Gasteiger partial charge in [-0.1, -0.05) is 12.1 Å². The quantitative estimate of drug-likeness (QED) is 0.715. The largest absolute Gasteiger partial charge is 0.389 e. The van der Waals surface area contributed by atoms with Crippen LogP contribution in [0.15, 0.2) is 36.7 Å². The molecule has 0 aliphatic carbocycles. The molecule has 0 saturated heterocycles. The van der Waals surface area contributed by atoms with E-state index >= 15 is 0 Å². The van der Waals surface area contributed by atoms with E-state index in [4.69, 9.17) is 0 Å². The molecule has 0 spiro atoms. The predicted octanol–water partition coefficient (Wildman–Crippen LogP) is 4.50. The molecule has 19 heavy (non-hydrogen) atoms. The van der Waals surface area contributed by atoms with E-state index in [1.807, 2.05) is 24.3 Å². The molecule has 1 aromatic heterocycles. The van der Waals surface area contributed by atoms with Gasteiger partial charge in [-0.25, -0.2) is 4.98 Å². The topological polar surface area (TPSA) is 17.8 Å². The van der Waals surface area contributed by atoms with Crippen LogP contribution in [0.5, 0.6) is 0 Å². The second-order valence-electron chi connectivity index (χ2n) is 4.17. The van der Waals surface area contributed by atoms with E-state index in [2.05, 4.69) is 27.6 Å². The van der Waals surface area contributed by atoms with Crippen LogP contribution < -0.4 is 0 Å². The van der Waals surface area contributed by atoms with Crippen molar-refractivity contribution < 1.29 is 13.2 Å². The lowest BCUT2D eigenvalue weighted by atomic mass is 10.2. The molecular formula is C13H12F3IN2. The molecular weight excluding hydrogens is 368 g/mol. The van der Waals surface area contributed by atoms with Crippen LogP contribution in [0, 0.1) is 3.57 Å². The molecule has 2 nitrogen and oxygen atoms in total. The van der Waals surface area contributed by atoms with Gasteiger partial charge in [-0.05, 0) is 41.1 Å². The number of imidazole rings is 1. The Kier molecular flexibility index (Phi) is 4.49. The van der Waals surface area contributed by atoms with Crippen LogP contribution >= 0.6 is 22.6 Å². The first-order valence-corrected chi connectivity index (χ1v) is 6.87. The Balaban J connectivity index is 2.10. The van der Waals surface area contributed by atoms with Crippen molar-refractivity contribution in [1.82, 2.24) is 9.55 Å². The normalized spacial score (nSPS) is 11.8. The van der Waals surface area contributed by atoms with Gasteiger partial charge in [0.25, 0.3) is 0 Å². The summed E-state index contributed by atoms with van der Waals surface area (Å²) < 4.78 is 39.2. The van der Waals surface area contributed by atoms with Crippen LogP contribution in [0.4, 0.5) is 13.2 Å². The highest BCUT2D eigenvalue weighted by atomic mass is 127. The van der Waals surface area contributed by atoms with Gasteiger partial charge in [0.05, 0.1) is 0 Å².